The molecule has 0 rings (SSSR count). The van der Waals surface area contributed by atoms with Crippen molar-refractivity contribution in [3.63, 3.8) is 0 Å². The molecular formula is C10H17O4. The predicted octanol–water partition coefficient (Wildman–Crippen LogP) is 1.34. The second-order valence-electron chi connectivity index (χ2n) is 3.01. The van der Waals surface area contributed by atoms with Crippen LogP contribution in [0.1, 0.15) is 27.7 Å². The highest BCUT2D eigenvalue weighted by molar-refractivity contribution is 6.10. The Morgan fingerprint density at radius 1 is 1.00 bits per heavy atom. The predicted molar refractivity (Wildman–Crippen MR) is 51.3 cm³/mol. The monoisotopic (exact) mass is 201 g/mol. The van der Waals surface area contributed by atoms with Gasteiger partial charge in [-0.3, -0.25) is 9.59 Å². The van der Waals surface area contributed by atoms with Gasteiger partial charge < -0.3 is 9.47 Å². The van der Waals surface area contributed by atoms with E-state index in [4.69, 9.17) is 9.47 Å². The lowest BCUT2D eigenvalue weighted by molar-refractivity contribution is -0.151. The number of hydrogen-bond donors (Lipinski definition) is 0. The van der Waals surface area contributed by atoms with Gasteiger partial charge in [0.2, 0.25) is 0 Å². The molecule has 1 radical (unpaired) electrons. The van der Waals surface area contributed by atoms with Crippen LogP contribution in [0.4, 0.5) is 0 Å². The number of esters is 2. The Hall–Kier alpha value is -1.06. The topological polar surface area (TPSA) is 52.6 Å². The number of carbonyl (C=O) groups excluding carboxylic acids is 2. The highest BCUT2D eigenvalue weighted by atomic mass is 16.6. The van der Waals surface area contributed by atoms with Gasteiger partial charge >= 0.3 is 11.9 Å². The molecular weight excluding hydrogens is 184 g/mol. The molecule has 4 nitrogen and oxygen atoms in total. The SMILES string of the molecule is CCOC(=O)[C](C(=O)OCC)C(C)C. The molecule has 0 aromatic carbocycles. The molecule has 81 valence electrons. The van der Waals surface area contributed by atoms with Crippen molar-refractivity contribution in [1.82, 2.24) is 0 Å². The van der Waals surface area contributed by atoms with Gasteiger partial charge in [0.15, 0.2) is 5.92 Å². The zero-order valence-electron chi connectivity index (χ0n) is 9.12. The van der Waals surface area contributed by atoms with E-state index in [9.17, 15) is 9.59 Å². The summed E-state index contributed by atoms with van der Waals surface area (Å²) in [4.78, 5) is 22.7. The molecule has 0 spiro atoms. The highest BCUT2D eigenvalue weighted by Crippen LogP contribution is 2.17. The van der Waals surface area contributed by atoms with Crippen LogP contribution in [0.3, 0.4) is 0 Å². The Morgan fingerprint density at radius 3 is 1.57 bits per heavy atom. The lowest BCUT2D eigenvalue weighted by Crippen LogP contribution is -2.30. The standard InChI is InChI=1S/C10H17O4/c1-5-13-9(11)8(7(3)4)10(12)14-6-2/h7H,5-6H2,1-4H3. The lowest BCUT2D eigenvalue weighted by Gasteiger charge is -2.15. The number of ether oxygens (including phenoxy) is 2. The molecule has 0 aromatic heterocycles. The molecule has 0 saturated heterocycles. The van der Waals surface area contributed by atoms with Crippen LogP contribution in [0.15, 0.2) is 0 Å². The fourth-order valence-electron chi connectivity index (χ4n) is 0.972. The average molecular weight is 201 g/mol. The second-order valence-corrected chi connectivity index (χ2v) is 3.01. The van der Waals surface area contributed by atoms with Gasteiger partial charge in [-0.05, 0) is 19.8 Å². The van der Waals surface area contributed by atoms with Crippen LogP contribution in [-0.2, 0) is 19.1 Å². The van der Waals surface area contributed by atoms with Crippen LogP contribution in [0.25, 0.3) is 0 Å². The van der Waals surface area contributed by atoms with E-state index in [1.807, 2.05) is 0 Å². The quantitative estimate of drug-likeness (QED) is 0.497. The van der Waals surface area contributed by atoms with Gasteiger partial charge in [-0.2, -0.15) is 0 Å². The minimum atomic E-state index is -0.582. The Bertz CT molecular complexity index is 180. The van der Waals surface area contributed by atoms with E-state index < -0.39 is 11.9 Å². The number of carbonyl (C=O) groups is 2. The van der Waals surface area contributed by atoms with Crippen molar-refractivity contribution in [3.8, 4) is 0 Å². The largest absolute Gasteiger partial charge is 0.465 e. The molecule has 4 heteroatoms. The van der Waals surface area contributed by atoms with E-state index in [1.165, 1.54) is 0 Å². The van der Waals surface area contributed by atoms with Crippen LogP contribution in [0.5, 0.6) is 0 Å². The maximum Gasteiger partial charge on any atom is 0.325 e. The smallest absolute Gasteiger partial charge is 0.325 e. The zero-order chi connectivity index (χ0) is 11.1. The first-order chi connectivity index (χ1) is 6.54. The van der Waals surface area contributed by atoms with Crippen molar-refractivity contribution < 1.29 is 19.1 Å². The van der Waals surface area contributed by atoms with Gasteiger partial charge in [0.05, 0.1) is 13.2 Å². The highest BCUT2D eigenvalue weighted by Gasteiger charge is 2.33. The maximum absolute atomic E-state index is 11.3. The van der Waals surface area contributed by atoms with Gasteiger partial charge in [-0.1, -0.05) is 13.8 Å². The zero-order valence-corrected chi connectivity index (χ0v) is 9.12. The Balaban J connectivity index is 4.42. The van der Waals surface area contributed by atoms with Crippen LogP contribution >= 0.6 is 0 Å². The van der Waals surface area contributed by atoms with Crippen molar-refractivity contribution in [1.29, 1.82) is 0 Å². The van der Waals surface area contributed by atoms with E-state index in [0.29, 0.717) is 0 Å². The van der Waals surface area contributed by atoms with E-state index in [2.05, 4.69) is 0 Å². The molecule has 14 heavy (non-hydrogen) atoms. The molecule has 0 aliphatic rings. The Kier molecular flexibility index (Phi) is 5.92. The van der Waals surface area contributed by atoms with Crippen molar-refractivity contribution in [2.45, 2.75) is 27.7 Å². The van der Waals surface area contributed by atoms with Crippen molar-refractivity contribution in [2.24, 2.45) is 5.92 Å². The van der Waals surface area contributed by atoms with Crippen molar-refractivity contribution >= 4 is 11.9 Å². The normalized spacial score (nSPS) is 10.4. The molecule has 0 aliphatic heterocycles. The molecule has 0 bridgehead atoms. The molecule has 0 saturated carbocycles. The number of hydrogen-bond acceptors (Lipinski definition) is 4. The van der Waals surface area contributed by atoms with E-state index in [1.54, 1.807) is 27.7 Å². The third-order valence-electron chi connectivity index (χ3n) is 1.57. The summed E-state index contributed by atoms with van der Waals surface area (Å²) in [5.41, 5.74) is 0. The molecule has 0 N–H and O–H groups in total. The van der Waals surface area contributed by atoms with Gasteiger partial charge in [0.25, 0.3) is 0 Å². The number of rotatable bonds is 5. The van der Waals surface area contributed by atoms with Crippen LogP contribution < -0.4 is 0 Å². The van der Waals surface area contributed by atoms with E-state index in [0.717, 1.165) is 0 Å². The van der Waals surface area contributed by atoms with Crippen LogP contribution in [-0.4, -0.2) is 25.2 Å². The fourth-order valence-corrected chi connectivity index (χ4v) is 0.972. The van der Waals surface area contributed by atoms with Gasteiger partial charge in [-0.15, -0.1) is 0 Å². The summed E-state index contributed by atoms with van der Waals surface area (Å²) in [6.07, 6.45) is 0. The summed E-state index contributed by atoms with van der Waals surface area (Å²) < 4.78 is 9.51. The van der Waals surface area contributed by atoms with Gasteiger partial charge in [0.1, 0.15) is 0 Å². The molecule has 0 atom stereocenters. The van der Waals surface area contributed by atoms with Crippen molar-refractivity contribution in [2.75, 3.05) is 13.2 Å². The van der Waals surface area contributed by atoms with E-state index >= 15 is 0 Å². The third kappa shape index (κ3) is 3.77. The third-order valence-corrected chi connectivity index (χ3v) is 1.57. The summed E-state index contributed by atoms with van der Waals surface area (Å²) >= 11 is 0. The molecule has 0 fully saturated rings. The maximum atomic E-state index is 11.3. The summed E-state index contributed by atoms with van der Waals surface area (Å²) in [6, 6.07) is 0. The average Bonchev–Trinajstić information content (AvgIpc) is 2.04. The summed E-state index contributed by atoms with van der Waals surface area (Å²) in [5.74, 6) is -1.27. The first-order valence-electron chi connectivity index (χ1n) is 4.75. The van der Waals surface area contributed by atoms with Crippen molar-refractivity contribution in [3.05, 3.63) is 5.92 Å². The van der Waals surface area contributed by atoms with E-state index in [-0.39, 0.29) is 25.0 Å². The summed E-state index contributed by atoms with van der Waals surface area (Å²) in [5, 5.41) is 0. The molecule has 0 amide bonds. The first kappa shape index (κ1) is 12.9. The Labute approximate surface area is 84.6 Å². The fraction of sp³-hybridized carbons (Fsp3) is 0.700. The van der Waals surface area contributed by atoms with Crippen LogP contribution in [0.2, 0.25) is 0 Å². The summed E-state index contributed by atoms with van der Waals surface area (Å²) in [7, 11) is 0. The van der Waals surface area contributed by atoms with Crippen LogP contribution in [0, 0.1) is 11.8 Å². The minimum absolute atomic E-state index is 0.0775. The molecule has 0 unspecified atom stereocenters. The lowest BCUT2D eigenvalue weighted by atomic mass is 9.96. The molecule has 0 heterocycles. The molecule has 0 aromatic rings. The van der Waals surface area contributed by atoms with Gasteiger partial charge in [0, 0.05) is 0 Å². The van der Waals surface area contributed by atoms with Gasteiger partial charge in [-0.25, -0.2) is 0 Å². The second kappa shape index (κ2) is 6.40. The summed E-state index contributed by atoms with van der Waals surface area (Å²) in [6.45, 7) is 7.41. The first-order valence-corrected chi connectivity index (χ1v) is 4.75. The Morgan fingerprint density at radius 2 is 1.36 bits per heavy atom. The minimum Gasteiger partial charge on any atom is -0.465 e. The molecule has 0 aliphatic carbocycles.